The molecule has 4 N–H and O–H groups in total. The normalized spacial score (nSPS) is 27.8. The molecule has 3 heteroatoms. The molecule has 8 heavy (non-hydrogen) atoms. The molecule has 1 rings (SSSR count). The second-order valence-corrected chi connectivity index (χ2v) is 2.35. The first kappa shape index (κ1) is 6.01. The summed E-state index contributed by atoms with van der Waals surface area (Å²) in [6, 6.07) is 0. The summed E-state index contributed by atoms with van der Waals surface area (Å²) in [5.41, 5.74) is 0. The highest BCUT2D eigenvalue weighted by Crippen LogP contribution is 2.09. The van der Waals surface area contributed by atoms with E-state index in [1.54, 1.807) is 0 Å². The third-order valence-electron chi connectivity index (χ3n) is 1.50. The van der Waals surface area contributed by atoms with E-state index in [0.29, 0.717) is 12.8 Å². The van der Waals surface area contributed by atoms with Crippen LogP contribution in [0, 0.1) is 0 Å². The fourth-order valence-corrected chi connectivity index (χ4v) is 0.936. The molecule has 0 radical (unpaired) electrons. The molecule has 0 saturated carbocycles. The van der Waals surface area contributed by atoms with Crippen LogP contribution < -0.4 is 5.32 Å². The van der Waals surface area contributed by atoms with Gasteiger partial charge in [-0.3, -0.25) is 0 Å². The van der Waals surface area contributed by atoms with Crippen molar-refractivity contribution in [2.45, 2.75) is 18.6 Å². The third kappa shape index (κ3) is 1.43. The van der Waals surface area contributed by atoms with Crippen molar-refractivity contribution in [1.82, 2.24) is 0 Å². The van der Waals surface area contributed by atoms with Gasteiger partial charge in [-0.1, -0.05) is 0 Å². The molecular formula is C5H12NO2+. The van der Waals surface area contributed by atoms with Crippen LogP contribution in [0.1, 0.15) is 12.8 Å². The van der Waals surface area contributed by atoms with Crippen molar-refractivity contribution in [2.24, 2.45) is 0 Å². The predicted octanol–water partition coefficient (Wildman–Crippen LogP) is -1.98. The van der Waals surface area contributed by atoms with Gasteiger partial charge in [-0.25, -0.2) is 0 Å². The Bertz CT molecular complexity index is 74.5. The Morgan fingerprint density at radius 2 is 1.62 bits per heavy atom. The molecule has 1 aliphatic rings. The lowest BCUT2D eigenvalue weighted by Crippen LogP contribution is -2.87. The number of aliphatic hydroxyl groups is 2. The quantitative estimate of drug-likeness (QED) is 0.323. The second-order valence-electron chi connectivity index (χ2n) is 2.35. The summed E-state index contributed by atoms with van der Waals surface area (Å²) in [5, 5.41) is 19.9. The first-order valence-corrected chi connectivity index (χ1v) is 2.97. The topological polar surface area (TPSA) is 57.1 Å². The molecule has 1 fully saturated rings. The fraction of sp³-hybridized carbons (Fsp3) is 1.00. The number of hydrogen-bond acceptors (Lipinski definition) is 2. The minimum absolute atomic E-state index is 0.507. The van der Waals surface area contributed by atoms with Crippen LogP contribution in [0.25, 0.3) is 0 Å². The zero-order valence-corrected chi connectivity index (χ0v) is 4.80. The van der Waals surface area contributed by atoms with Crippen molar-refractivity contribution in [3.8, 4) is 0 Å². The Kier molecular flexibility index (Phi) is 1.51. The smallest absolute Gasteiger partial charge is 0.173 e. The van der Waals surface area contributed by atoms with Gasteiger partial charge in [0, 0.05) is 0 Å². The van der Waals surface area contributed by atoms with Gasteiger partial charge in [-0.2, -0.15) is 0 Å². The Hall–Kier alpha value is -0.120. The van der Waals surface area contributed by atoms with Gasteiger partial charge >= 0.3 is 0 Å². The molecule has 0 aliphatic carbocycles. The molecule has 3 nitrogen and oxygen atoms in total. The van der Waals surface area contributed by atoms with Crippen molar-refractivity contribution in [2.75, 3.05) is 13.1 Å². The zero-order chi connectivity index (χ0) is 6.04. The monoisotopic (exact) mass is 118 g/mol. The molecule has 0 unspecified atom stereocenters. The second kappa shape index (κ2) is 2.01. The van der Waals surface area contributed by atoms with E-state index in [-0.39, 0.29) is 0 Å². The molecule has 1 saturated heterocycles. The number of piperidine rings is 1. The molecule has 0 atom stereocenters. The van der Waals surface area contributed by atoms with Crippen molar-refractivity contribution in [3.05, 3.63) is 0 Å². The maximum atomic E-state index is 8.91. The molecule has 0 aromatic rings. The highest BCUT2D eigenvalue weighted by molar-refractivity contribution is 4.64. The van der Waals surface area contributed by atoms with E-state index in [9.17, 15) is 0 Å². The van der Waals surface area contributed by atoms with Crippen LogP contribution in [-0.4, -0.2) is 29.1 Å². The fourth-order valence-electron chi connectivity index (χ4n) is 0.936. The Morgan fingerprint density at radius 1 is 1.12 bits per heavy atom. The van der Waals surface area contributed by atoms with Gasteiger partial charge in [-0.15, -0.1) is 0 Å². The molecule has 1 aliphatic heterocycles. The van der Waals surface area contributed by atoms with Crippen LogP contribution in [-0.2, 0) is 0 Å². The van der Waals surface area contributed by atoms with Crippen LogP contribution in [0.3, 0.4) is 0 Å². The molecule has 0 bridgehead atoms. The summed E-state index contributed by atoms with van der Waals surface area (Å²) < 4.78 is 0. The van der Waals surface area contributed by atoms with Gasteiger partial charge in [0.25, 0.3) is 0 Å². The van der Waals surface area contributed by atoms with Gasteiger partial charge in [0.15, 0.2) is 5.79 Å². The summed E-state index contributed by atoms with van der Waals surface area (Å²) in [4.78, 5) is 0. The number of quaternary nitrogens is 1. The number of hydrogen-bond donors (Lipinski definition) is 3. The van der Waals surface area contributed by atoms with E-state index in [4.69, 9.17) is 10.2 Å². The van der Waals surface area contributed by atoms with Gasteiger partial charge in [0.2, 0.25) is 0 Å². The summed E-state index contributed by atoms with van der Waals surface area (Å²) in [6.07, 6.45) is 1.01. The Balaban J connectivity index is 2.33. The average Bonchev–Trinajstić information content (AvgIpc) is 1.65. The molecule has 0 aromatic heterocycles. The zero-order valence-electron chi connectivity index (χ0n) is 4.80. The number of rotatable bonds is 0. The molecule has 0 amide bonds. The minimum Gasteiger partial charge on any atom is -0.365 e. The van der Waals surface area contributed by atoms with Gasteiger partial charge < -0.3 is 15.5 Å². The lowest BCUT2D eigenvalue weighted by Gasteiger charge is -2.23. The lowest BCUT2D eigenvalue weighted by molar-refractivity contribution is -0.672. The highest BCUT2D eigenvalue weighted by atomic mass is 16.5. The predicted molar refractivity (Wildman–Crippen MR) is 28.1 cm³/mol. The van der Waals surface area contributed by atoms with Crippen LogP contribution >= 0.6 is 0 Å². The first-order chi connectivity index (χ1) is 3.71. The average molecular weight is 118 g/mol. The summed E-state index contributed by atoms with van der Waals surface area (Å²) >= 11 is 0. The van der Waals surface area contributed by atoms with E-state index in [1.165, 1.54) is 0 Å². The van der Waals surface area contributed by atoms with Crippen molar-refractivity contribution in [1.29, 1.82) is 0 Å². The Labute approximate surface area is 48.3 Å². The van der Waals surface area contributed by atoms with Crippen LogP contribution in [0.4, 0.5) is 0 Å². The Morgan fingerprint density at radius 3 is 1.88 bits per heavy atom. The minimum atomic E-state index is -1.35. The van der Waals surface area contributed by atoms with Gasteiger partial charge in [0.1, 0.15) is 0 Å². The standard InChI is InChI=1S/C5H11NO2/c7-5(8)1-3-6-4-2-5/h6-8H,1-4H2/p+1. The maximum Gasteiger partial charge on any atom is 0.173 e. The molecule has 48 valence electrons. The largest absolute Gasteiger partial charge is 0.365 e. The van der Waals surface area contributed by atoms with Crippen molar-refractivity contribution < 1.29 is 15.5 Å². The van der Waals surface area contributed by atoms with Gasteiger partial charge in [-0.05, 0) is 0 Å². The number of nitrogens with two attached hydrogens (primary N) is 1. The summed E-state index contributed by atoms with van der Waals surface area (Å²) in [7, 11) is 0. The van der Waals surface area contributed by atoms with E-state index in [1.807, 2.05) is 0 Å². The van der Waals surface area contributed by atoms with E-state index < -0.39 is 5.79 Å². The third-order valence-corrected chi connectivity index (χ3v) is 1.50. The van der Waals surface area contributed by atoms with E-state index in [0.717, 1.165) is 13.1 Å². The van der Waals surface area contributed by atoms with Crippen LogP contribution in [0.15, 0.2) is 0 Å². The summed E-state index contributed by atoms with van der Waals surface area (Å²) in [6.45, 7) is 1.68. The first-order valence-electron chi connectivity index (χ1n) is 2.97. The summed E-state index contributed by atoms with van der Waals surface area (Å²) in [5.74, 6) is -1.35. The van der Waals surface area contributed by atoms with E-state index >= 15 is 0 Å². The van der Waals surface area contributed by atoms with Gasteiger partial charge in [0.05, 0.1) is 25.9 Å². The van der Waals surface area contributed by atoms with Crippen molar-refractivity contribution in [3.63, 3.8) is 0 Å². The lowest BCUT2D eigenvalue weighted by atomic mass is 10.1. The maximum absolute atomic E-state index is 8.91. The SMILES string of the molecule is OC1(O)CC[NH2+]CC1. The highest BCUT2D eigenvalue weighted by Gasteiger charge is 2.27. The van der Waals surface area contributed by atoms with Crippen LogP contribution in [0.5, 0.6) is 0 Å². The molecule has 0 aromatic carbocycles. The molecule has 1 heterocycles. The molecule has 0 spiro atoms. The van der Waals surface area contributed by atoms with Crippen LogP contribution in [0.2, 0.25) is 0 Å². The van der Waals surface area contributed by atoms with Crippen molar-refractivity contribution >= 4 is 0 Å². The van der Waals surface area contributed by atoms with E-state index in [2.05, 4.69) is 5.32 Å². The molecular weight excluding hydrogens is 106 g/mol.